The Balaban J connectivity index is 0.00000144. The van der Waals surface area contributed by atoms with Crippen molar-refractivity contribution in [3.05, 3.63) is 18.3 Å². The van der Waals surface area contributed by atoms with E-state index in [2.05, 4.69) is 22.5 Å². The lowest BCUT2D eigenvalue weighted by Gasteiger charge is -2.03. The van der Waals surface area contributed by atoms with Crippen LogP contribution >= 0.6 is 29.2 Å². The molecule has 0 saturated heterocycles. The molecule has 0 saturated carbocycles. The average Bonchev–Trinajstić information content (AvgIpc) is 2.05. The Morgan fingerprint density at radius 1 is 1.62 bits per heavy atom. The van der Waals surface area contributed by atoms with Gasteiger partial charge < -0.3 is 15.8 Å². The maximum atomic E-state index is 5.26. The summed E-state index contributed by atoms with van der Waals surface area (Å²) < 4.78 is 4.87. The molecule has 13 heavy (non-hydrogen) atoms. The van der Waals surface area contributed by atoms with Crippen LogP contribution in [0.3, 0.4) is 0 Å². The monoisotopic (exact) mass is 263 g/mol. The topological polar surface area (TPSA) is 60.2 Å². The largest absolute Gasteiger partial charge is 0.481 e. The van der Waals surface area contributed by atoms with E-state index < -0.39 is 0 Å². The summed E-state index contributed by atoms with van der Waals surface area (Å²) in [7, 11) is 1.56. The fourth-order valence-electron chi connectivity index (χ4n) is 0.717. The highest BCUT2D eigenvalue weighted by atomic mass is 79.9. The molecule has 6 heteroatoms. The molecule has 1 aromatic heterocycles. The molecule has 0 unspecified atom stereocenters. The number of thiocarbonyl (C=S) groups is 1. The molecular weight excluding hydrogens is 254 g/mol. The van der Waals surface area contributed by atoms with E-state index in [-0.39, 0.29) is 22.1 Å². The van der Waals surface area contributed by atoms with Crippen LogP contribution in [-0.4, -0.2) is 17.2 Å². The van der Waals surface area contributed by atoms with Crippen molar-refractivity contribution in [2.24, 2.45) is 5.73 Å². The van der Waals surface area contributed by atoms with Crippen LogP contribution in [0.1, 0.15) is 0 Å². The molecule has 0 aliphatic rings. The SMILES string of the molecule is Br.COc1ccc(NC(N)=S)cn1. The van der Waals surface area contributed by atoms with Crippen molar-refractivity contribution in [2.75, 3.05) is 12.4 Å². The minimum absolute atomic E-state index is 0. The smallest absolute Gasteiger partial charge is 0.213 e. The second-order valence-electron chi connectivity index (χ2n) is 2.08. The summed E-state index contributed by atoms with van der Waals surface area (Å²) in [6.45, 7) is 0. The molecule has 1 rings (SSSR count). The molecule has 1 heterocycles. The number of halogens is 1. The standard InChI is InChI=1S/C7H9N3OS.BrH/c1-11-6-3-2-5(4-9-6)10-7(8)12;/h2-4H,1H3,(H3,8,10,12);1H. The summed E-state index contributed by atoms with van der Waals surface area (Å²) in [6, 6.07) is 3.51. The Bertz CT molecular complexity index is 278. The number of ether oxygens (including phenoxy) is 1. The van der Waals surface area contributed by atoms with Gasteiger partial charge in [-0.05, 0) is 18.3 Å². The summed E-state index contributed by atoms with van der Waals surface area (Å²) in [6.07, 6.45) is 1.60. The van der Waals surface area contributed by atoms with Crippen LogP contribution in [0.5, 0.6) is 5.88 Å². The van der Waals surface area contributed by atoms with Crippen molar-refractivity contribution >= 4 is 40.0 Å². The second-order valence-corrected chi connectivity index (χ2v) is 2.52. The van der Waals surface area contributed by atoms with Crippen LogP contribution in [0.25, 0.3) is 0 Å². The molecule has 4 nitrogen and oxygen atoms in total. The van der Waals surface area contributed by atoms with E-state index in [0.717, 1.165) is 5.69 Å². The minimum atomic E-state index is 0. The molecule has 0 spiro atoms. The Kier molecular flexibility index (Phi) is 5.33. The van der Waals surface area contributed by atoms with E-state index in [1.807, 2.05) is 0 Å². The van der Waals surface area contributed by atoms with Crippen LogP contribution in [0, 0.1) is 0 Å². The lowest BCUT2D eigenvalue weighted by atomic mass is 10.4. The Labute approximate surface area is 92.3 Å². The molecule has 0 amide bonds. The van der Waals surface area contributed by atoms with Crippen molar-refractivity contribution in [3.63, 3.8) is 0 Å². The van der Waals surface area contributed by atoms with Gasteiger partial charge in [0.1, 0.15) is 0 Å². The molecular formula is C7H10BrN3OS. The first-order valence-corrected chi connectivity index (χ1v) is 3.69. The van der Waals surface area contributed by atoms with Crippen LogP contribution in [0.2, 0.25) is 0 Å². The highest BCUT2D eigenvalue weighted by Gasteiger charge is 1.94. The fraction of sp³-hybridized carbons (Fsp3) is 0.143. The Hall–Kier alpha value is -0.880. The third kappa shape index (κ3) is 4.05. The predicted molar refractivity (Wildman–Crippen MR) is 61.5 cm³/mol. The number of pyridine rings is 1. The number of nitrogens with two attached hydrogens (primary N) is 1. The lowest BCUT2D eigenvalue weighted by molar-refractivity contribution is 0.398. The Morgan fingerprint density at radius 2 is 2.31 bits per heavy atom. The van der Waals surface area contributed by atoms with Crippen LogP contribution in [0.4, 0.5) is 5.69 Å². The molecule has 0 radical (unpaired) electrons. The first-order valence-electron chi connectivity index (χ1n) is 3.29. The van der Waals surface area contributed by atoms with Crippen LogP contribution in [-0.2, 0) is 0 Å². The molecule has 1 aromatic rings. The number of nitrogens with zero attached hydrogens (tertiary/aromatic N) is 1. The molecule has 0 atom stereocenters. The highest BCUT2D eigenvalue weighted by molar-refractivity contribution is 8.93. The van der Waals surface area contributed by atoms with E-state index in [1.165, 1.54) is 0 Å². The van der Waals surface area contributed by atoms with Gasteiger partial charge in [0.25, 0.3) is 0 Å². The number of rotatable bonds is 2. The Morgan fingerprint density at radius 3 is 2.69 bits per heavy atom. The molecule has 0 aromatic carbocycles. The van der Waals surface area contributed by atoms with Gasteiger partial charge in [-0.2, -0.15) is 0 Å². The molecule has 0 aliphatic heterocycles. The third-order valence-electron chi connectivity index (χ3n) is 1.21. The normalized spacial score (nSPS) is 8.38. The van der Waals surface area contributed by atoms with E-state index >= 15 is 0 Å². The number of aromatic nitrogens is 1. The van der Waals surface area contributed by atoms with Gasteiger partial charge in [0.05, 0.1) is 19.0 Å². The van der Waals surface area contributed by atoms with Crippen molar-refractivity contribution in [1.29, 1.82) is 0 Å². The summed E-state index contributed by atoms with van der Waals surface area (Å²) in [5.41, 5.74) is 6.01. The van der Waals surface area contributed by atoms with E-state index in [0.29, 0.717) is 5.88 Å². The van der Waals surface area contributed by atoms with Gasteiger partial charge in [-0.1, -0.05) is 0 Å². The zero-order valence-electron chi connectivity index (χ0n) is 6.98. The van der Waals surface area contributed by atoms with Gasteiger partial charge in [-0.3, -0.25) is 0 Å². The first-order chi connectivity index (χ1) is 5.72. The summed E-state index contributed by atoms with van der Waals surface area (Å²) in [4.78, 5) is 3.95. The van der Waals surface area contributed by atoms with Crippen molar-refractivity contribution in [2.45, 2.75) is 0 Å². The average molecular weight is 264 g/mol. The van der Waals surface area contributed by atoms with Crippen molar-refractivity contribution in [1.82, 2.24) is 4.98 Å². The third-order valence-corrected chi connectivity index (χ3v) is 1.32. The van der Waals surface area contributed by atoms with Crippen molar-refractivity contribution < 1.29 is 4.74 Å². The van der Waals surface area contributed by atoms with Gasteiger partial charge in [0.15, 0.2) is 5.11 Å². The second kappa shape index (κ2) is 5.71. The number of nitrogens with one attached hydrogen (secondary N) is 1. The number of hydrogen-bond acceptors (Lipinski definition) is 3. The summed E-state index contributed by atoms with van der Waals surface area (Å²) in [5.74, 6) is 0.559. The van der Waals surface area contributed by atoms with E-state index in [4.69, 9.17) is 10.5 Å². The minimum Gasteiger partial charge on any atom is -0.481 e. The highest BCUT2D eigenvalue weighted by Crippen LogP contribution is 2.10. The predicted octanol–water partition coefficient (Wildman–Crippen LogP) is 1.32. The zero-order valence-corrected chi connectivity index (χ0v) is 9.51. The van der Waals surface area contributed by atoms with Crippen LogP contribution in [0.15, 0.2) is 18.3 Å². The molecule has 0 bridgehead atoms. The van der Waals surface area contributed by atoms with E-state index in [1.54, 1.807) is 25.4 Å². The quantitative estimate of drug-likeness (QED) is 0.789. The first kappa shape index (κ1) is 12.1. The van der Waals surface area contributed by atoms with Gasteiger partial charge in [0, 0.05) is 6.07 Å². The molecule has 72 valence electrons. The zero-order chi connectivity index (χ0) is 8.97. The summed E-state index contributed by atoms with van der Waals surface area (Å²) >= 11 is 4.65. The van der Waals surface area contributed by atoms with Crippen molar-refractivity contribution in [3.8, 4) is 5.88 Å². The van der Waals surface area contributed by atoms with E-state index in [9.17, 15) is 0 Å². The molecule has 0 aliphatic carbocycles. The molecule has 0 fully saturated rings. The maximum Gasteiger partial charge on any atom is 0.213 e. The van der Waals surface area contributed by atoms with Gasteiger partial charge >= 0.3 is 0 Å². The fourth-order valence-corrected chi connectivity index (χ4v) is 0.835. The summed E-state index contributed by atoms with van der Waals surface area (Å²) in [5, 5.41) is 2.97. The number of anilines is 1. The van der Waals surface area contributed by atoms with Crippen LogP contribution < -0.4 is 15.8 Å². The van der Waals surface area contributed by atoms with Gasteiger partial charge in [0.2, 0.25) is 5.88 Å². The maximum absolute atomic E-state index is 5.26. The number of methoxy groups -OCH3 is 1. The lowest BCUT2D eigenvalue weighted by Crippen LogP contribution is -2.18. The van der Waals surface area contributed by atoms with Gasteiger partial charge in [-0.15, -0.1) is 17.0 Å². The van der Waals surface area contributed by atoms with Gasteiger partial charge in [-0.25, -0.2) is 4.98 Å². The number of hydrogen-bond donors (Lipinski definition) is 2. The molecule has 3 N–H and O–H groups in total.